The number of rotatable bonds is 0. The molecule has 0 N–H and O–H groups in total. The van der Waals surface area contributed by atoms with Crippen molar-refractivity contribution in [3.63, 3.8) is 0 Å². The molecule has 0 atom stereocenters. The van der Waals surface area contributed by atoms with Gasteiger partial charge in [0, 0.05) is 0 Å². The summed E-state index contributed by atoms with van der Waals surface area (Å²) in [6.45, 7) is 0. The van der Waals surface area contributed by atoms with Crippen LogP contribution >= 0.6 is 0 Å². The third-order valence-electron chi connectivity index (χ3n) is 1.55. The van der Waals surface area contributed by atoms with Crippen LogP contribution in [0.15, 0.2) is 42.5 Å². The monoisotopic (exact) mass is 233 g/mol. The average Bonchev–Trinajstić information content (AvgIpc) is 2.33. The summed E-state index contributed by atoms with van der Waals surface area (Å²) in [4.78, 5) is 0. The average molecular weight is 234 g/mol. The van der Waals surface area contributed by atoms with Crippen molar-refractivity contribution in [2.75, 3.05) is 0 Å². The van der Waals surface area contributed by atoms with Gasteiger partial charge in [0.1, 0.15) is 0 Å². The van der Waals surface area contributed by atoms with E-state index in [-0.39, 0.29) is 46.5 Å². The minimum atomic E-state index is 0. The number of hydrogen-bond donors (Lipinski definition) is 0. The van der Waals surface area contributed by atoms with Crippen LogP contribution in [0.5, 0.6) is 0 Å². The Kier molecular flexibility index (Phi) is 8.07. The second kappa shape index (κ2) is 6.62. The van der Waals surface area contributed by atoms with E-state index in [1.807, 2.05) is 0 Å². The Hall–Kier alpha value is 0.124. The molecule has 12 heavy (non-hydrogen) atoms. The molecule has 60 valence electrons. The van der Waals surface area contributed by atoms with Gasteiger partial charge in [-0.25, -0.2) is 0 Å². The van der Waals surface area contributed by atoms with Crippen molar-refractivity contribution in [3.05, 3.63) is 42.5 Å². The fourth-order valence-electron chi connectivity index (χ4n) is 1.07. The van der Waals surface area contributed by atoms with Crippen molar-refractivity contribution in [2.24, 2.45) is 0 Å². The Labute approximate surface area is 99.4 Å². The standard InChI is InChI=1S/C9H7.2ClH.Ti/c1-2-5-9-7-3-6-8(9)4-1;;;/h1-7H;2*1H;/q-1;;;+4/p-2. The molecule has 2 aromatic rings. The molecule has 0 heterocycles. The molecule has 0 aromatic heterocycles. The number of fused-ring (bicyclic) bond motifs is 1. The summed E-state index contributed by atoms with van der Waals surface area (Å²) in [5.41, 5.74) is 0. The van der Waals surface area contributed by atoms with Gasteiger partial charge in [-0.05, 0) is 0 Å². The zero-order valence-corrected chi connectivity index (χ0v) is 9.37. The summed E-state index contributed by atoms with van der Waals surface area (Å²) < 4.78 is 0. The normalized spacial score (nSPS) is 7.67. The van der Waals surface area contributed by atoms with E-state index >= 15 is 0 Å². The molecular weight excluding hydrogens is 227 g/mol. The van der Waals surface area contributed by atoms with E-state index in [0.29, 0.717) is 0 Å². The largest absolute Gasteiger partial charge is 4.00 e. The molecule has 0 saturated heterocycles. The quantitative estimate of drug-likeness (QED) is 0.328. The van der Waals surface area contributed by atoms with Crippen LogP contribution in [0.1, 0.15) is 0 Å². The molecule has 0 amide bonds. The maximum atomic E-state index is 2.12. The molecule has 0 fully saturated rings. The van der Waals surface area contributed by atoms with Crippen molar-refractivity contribution in [3.8, 4) is 0 Å². The SMILES string of the molecule is [Cl-].[Cl-].[Ti+4].c1ccc2[cH-]ccc2c1. The fraction of sp³-hybridized carbons (Fsp3) is 0. The molecule has 0 aliphatic rings. The van der Waals surface area contributed by atoms with Gasteiger partial charge in [0.25, 0.3) is 0 Å². The smallest absolute Gasteiger partial charge is 1.00 e. The fourth-order valence-corrected chi connectivity index (χ4v) is 1.07. The Morgan fingerprint density at radius 2 is 1.58 bits per heavy atom. The summed E-state index contributed by atoms with van der Waals surface area (Å²) >= 11 is 0. The van der Waals surface area contributed by atoms with Gasteiger partial charge < -0.3 is 24.8 Å². The molecular formula is C9H7Cl2Ti+. The molecule has 0 aliphatic heterocycles. The molecule has 0 bridgehead atoms. The van der Waals surface area contributed by atoms with E-state index in [1.165, 1.54) is 10.8 Å². The van der Waals surface area contributed by atoms with Crippen molar-refractivity contribution < 1.29 is 46.5 Å². The van der Waals surface area contributed by atoms with Crippen LogP contribution in [0.4, 0.5) is 0 Å². The van der Waals surface area contributed by atoms with Gasteiger partial charge >= 0.3 is 21.7 Å². The molecule has 3 heteroatoms. The first-order valence-electron chi connectivity index (χ1n) is 3.07. The first kappa shape index (κ1) is 14.6. The first-order valence-corrected chi connectivity index (χ1v) is 3.07. The van der Waals surface area contributed by atoms with E-state index in [9.17, 15) is 0 Å². The third-order valence-corrected chi connectivity index (χ3v) is 1.55. The van der Waals surface area contributed by atoms with Crippen LogP contribution in [-0.2, 0) is 21.7 Å². The van der Waals surface area contributed by atoms with Crippen molar-refractivity contribution in [1.82, 2.24) is 0 Å². The van der Waals surface area contributed by atoms with E-state index < -0.39 is 0 Å². The van der Waals surface area contributed by atoms with Gasteiger partial charge in [-0.3, -0.25) is 0 Å². The van der Waals surface area contributed by atoms with Gasteiger partial charge in [0.05, 0.1) is 0 Å². The second-order valence-electron chi connectivity index (χ2n) is 2.15. The van der Waals surface area contributed by atoms with Crippen molar-refractivity contribution in [1.29, 1.82) is 0 Å². The number of halogens is 2. The predicted molar refractivity (Wildman–Crippen MR) is 39.5 cm³/mol. The summed E-state index contributed by atoms with van der Waals surface area (Å²) in [6.07, 6.45) is 0. The number of benzene rings is 1. The molecule has 2 aromatic carbocycles. The van der Waals surface area contributed by atoms with Gasteiger partial charge in [-0.2, -0.15) is 17.5 Å². The van der Waals surface area contributed by atoms with Gasteiger partial charge in [0.15, 0.2) is 0 Å². The van der Waals surface area contributed by atoms with Crippen LogP contribution < -0.4 is 24.8 Å². The van der Waals surface area contributed by atoms with Crippen molar-refractivity contribution in [2.45, 2.75) is 0 Å². The second-order valence-corrected chi connectivity index (χ2v) is 2.15. The third kappa shape index (κ3) is 2.87. The van der Waals surface area contributed by atoms with Crippen LogP contribution in [-0.4, -0.2) is 0 Å². The molecule has 2 rings (SSSR count). The molecule has 0 radical (unpaired) electrons. The minimum Gasteiger partial charge on any atom is -1.00 e. The number of hydrogen-bond acceptors (Lipinski definition) is 0. The maximum absolute atomic E-state index is 2.12. The van der Waals surface area contributed by atoms with E-state index in [1.54, 1.807) is 0 Å². The molecule has 0 aliphatic carbocycles. The van der Waals surface area contributed by atoms with E-state index in [4.69, 9.17) is 0 Å². The summed E-state index contributed by atoms with van der Waals surface area (Å²) in [5, 5.41) is 2.66. The van der Waals surface area contributed by atoms with Crippen molar-refractivity contribution >= 4 is 10.8 Å². The molecule has 0 saturated carbocycles. The van der Waals surface area contributed by atoms with Crippen LogP contribution in [0.25, 0.3) is 10.8 Å². The van der Waals surface area contributed by atoms with Crippen LogP contribution in [0, 0.1) is 0 Å². The van der Waals surface area contributed by atoms with Gasteiger partial charge in [0.2, 0.25) is 0 Å². The van der Waals surface area contributed by atoms with E-state index in [0.717, 1.165) is 0 Å². The zero-order valence-electron chi connectivity index (χ0n) is 6.30. The summed E-state index contributed by atoms with van der Waals surface area (Å²) in [7, 11) is 0. The Balaban J connectivity index is 0. The Morgan fingerprint density at radius 1 is 0.917 bits per heavy atom. The Bertz CT molecular complexity index is 287. The van der Waals surface area contributed by atoms with Crippen LogP contribution in [0.3, 0.4) is 0 Å². The molecule has 0 spiro atoms. The zero-order chi connectivity index (χ0) is 6.10. The van der Waals surface area contributed by atoms with Crippen LogP contribution in [0.2, 0.25) is 0 Å². The molecule has 0 unspecified atom stereocenters. The maximum Gasteiger partial charge on any atom is 4.00 e. The summed E-state index contributed by atoms with van der Waals surface area (Å²) in [5.74, 6) is 0. The van der Waals surface area contributed by atoms with E-state index in [2.05, 4.69) is 42.5 Å². The van der Waals surface area contributed by atoms with Gasteiger partial charge in [-0.15, -0.1) is 29.7 Å². The topological polar surface area (TPSA) is 0 Å². The predicted octanol–water partition coefficient (Wildman–Crippen LogP) is -3.44. The first-order chi connectivity index (χ1) is 4.47. The summed E-state index contributed by atoms with van der Waals surface area (Å²) in [6, 6.07) is 14.7. The molecule has 0 nitrogen and oxygen atoms in total. The van der Waals surface area contributed by atoms with Gasteiger partial charge in [-0.1, -0.05) is 6.07 Å². The Morgan fingerprint density at radius 3 is 2.25 bits per heavy atom. The minimum absolute atomic E-state index is 0.